The third-order valence-corrected chi connectivity index (χ3v) is 3.33. The van der Waals surface area contributed by atoms with Crippen molar-refractivity contribution >= 4 is 0 Å². The molecule has 0 spiro atoms. The Morgan fingerprint density at radius 1 is 1.00 bits per heavy atom. The first-order valence-corrected chi connectivity index (χ1v) is 4.45. The Bertz CT molecular complexity index is 139. The van der Waals surface area contributed by atoms with Crippen LogP contribution in [0, 0.1) is 23.7 Å². The molecule has 1 rings (SSSR count). The van der Waals surface area contributed by atoms with Crippen molar-refractivity contribution in [3.05, 3.63) is 25.3 Å². The summed E-state index contributed by atoms with van der Waals surface area (Å²) in [6.45, 7) is 12.4. The quantitative estimate of drug-likeness (QED) is 0.530. The first-order chi connectivity index (χ1) is 5.20. The molecule has 0 radical (unpaired) electrons. The molecule has 4 unspecified atom stereocenters. The lowest BCUT2D eigenvalue weighted by atomic mass is 9.90. The van der Waals surface area contributed by atoms with Crippen LogP contribution >= 0.6 is 0 Å². The number of rotatable bonds is 2. The predicted octanol–water partition coefficient (Wildman–Crippen LogP) is 3.27. The van der Waals surface area contributed by atoms with E-state index >= 15 is 0 Å². The maximum atomic E-state index is 3.86. The molecule has 4 atom stereocenters. The van der Waals surface area contributed by atoms with Crippen molar-refractivity contribution in [1.82, 2.24) is 0 Å². The molecule has 1 aliphatic carbocycles. The van der Waals surface area contributed by atoms with Crippen molar-refractivity contribution in [1.29, 1.82) is 0 Å². The van der Waals surface area contributed by atoms with Crippen LogP contribution in [0.25, 0.3) is 0 Å². The van der Waals surface area contributed by atoms with Crippen LogP contribution in [0.15, 0.2) is 25.3 Å². The summed E-state index contributed by atoms with van der Waals surface area (Å²) >= 11 is 0. The third-order valence-electron chi connectivity index (χ3n) is 3.33. The number of hydrogen-bond donors (Lipinski definition) is 0. The summed E-state index contributed by atoms with van der Waals surface area (Å²) in [7, 11) is 0. The highest BCUT2D eigenvalue weighted by atomic mass is 14.4. The lowest BCUT2D eigenvalue weighted by Gasteiger charge is -2.15. The van der Waals surface area contributed by atoms with Gasteiger partial charge < -0.3 is 0 Å². The standard InChI is InChI=1S/C11H18/c1-5-10-7-11(6-2)9(4)8(10)3/h5-6,8-11H,1-2,7H2,3-4H3. The maximum Gasteiger partial charge on any atom is -0.0202 e. The molecule has 0 saturated heterocycles. The van der Waals surface area contributed by atoms with Gasteiger partial charge in [-0.05, 0) is 30.1 Å². The van der Waals surface area contributed by atoms with E-state index in [1.54, 1.807) is 0 Å². The summed E-state index contributed by atoms with van der Waals surface area (Å²) in [6, 6.07) is 0. The Balaban J connectivity index is 2.67. The summed E-state index contributed by atoms with van der Waals surface area (Å²) < 4.78 is 0. The number of hydrogen-bond acceptors (Lipinski definition) is 0. The van der Waals surface area contributed by atoms with E-state index in [0.29, 0.717) is 11.8 Å². The Kier molecular flexibility index (Phi) is 2.53. The molecule has 0 nitrogen and oxygen atoms in total. The normalized spacial score (nSPS) is 43.8. The Morgan fingerprint density at radius 3 is 1.55 bits per heavy atom. The van der Waals surface area contributed by atoms with Crippen LogP contribution in [0.3, 0.4) is 0 Å². The minimum Gasteiger partial charge on any atom is -0.103 e. The van der Waals surface area contributed by atoms with E-state index in [4.69, 9.17) is 0 Å². The maximum absolute atomic E-state index is 3.86. The van der Waals surface area contributed by atoms with Gasteiger partial charge in [-0.15, -0.1) is 13.2 Å². The fourth-order valence-corrected chi connectivity index (χ4v) is 2.15. The molecular weight excluding hydrogens is 132 g/mol. The molecule has 62 valence electrons. The van der Waals surface area contributed by atoms with E-state index in [0.717, 1.165) is 11.8 Å². The van der Waals surface area contributed by atoms with Gasteiger partial charge in [-0.25, -0.2) is 0 Å². The van der Waals surface area contributed by atoms with Crippen molar-refractivity contribution in [2.24, 2.45) is 23.7 Å². The van der Waals surface area contributed by atoms with Crippen LogP contribution in [0.2, 0.25) is 0 Å². The monoisotopic (exact) mass is 150 g/mol. The molecular formula is C11H18. The molecule has 0 amide bonds. The van der Waals surface area contributed by atoms with Gasteiger partial charge in [0.25, 0.3) is 0 Å². The smallest absolute Gasteiger partial charge is 0.0202 e. The Morgan fingerprint density at radius 2 is 1.36 bits per heavy atom. The molecule has 1 fully saturated rings. The fraction of sp³-hybridized carbons (Fsp3) is 0.636. The van der Waals surface area contributed by atoms with Gasteiger partial charge in [0.15, 0.2) is 0 Å². The van der Waals surface area contributed by atoms with Crippen LogP contribution in [0.5, 0.6) is 0 Å². The fourth-order valence-electron chi connectivity index (χ4n) is 2.15. The third kappa shape index (κ3) is 1.40. The largest absolute Gasteiger partial charge is 0.103 e. The summed E-state index contributed by atoms with van der Waals surface area (Å²) in [5, 5.41) is 0. The van der Waals surface area contributed by atoms with Crippen molar-refractivity contribution in [3.8, 4) is 0 Å². The molecule has 0 aromatic rings. The van der Waals surface area contributed by atoms with E-state index in [-0.39, 0.29) is 0 Å². The summed E-state index contributed by atoms with van der Waals surface area (Å²) in [6.07, 6.45) is 5.46. The predicted molar refractivity (Wildman–Crippen MR) is 50.3 cm³/mol. The Labute approximate surface area is 70.0 Å². The van der Waals surface area contributed by atoms with Gasteiger partial charge in [-0.3, -0.25) is 0 Å². The zero-order chi connectivity index (χ0) is 8.43. The summed E-state index contributed by atoms with van der Waals surface area (Å²) in [5.41, 5.74) is 0. The van der Waals surface area contributed by atoms with E-state index in [1.165, 1.54) is 6.42 Å². The SMILES string of the molecule is C=CC1CC(C=C)C(C)C1C. The zero-order valence-electron chi connectivity index (χ0n) is 7.59. The highest BCUT2D eigenvalue weighted by Gasteiger charge is 2.34. The van der Waals surface area contributed by atoms with Crippen molar-refractivity contribution in [2.45, 2.75) is 20.3 Å². The van der Waals surface area contributed by atoms with Crippen molar-refractivity contribution in [2.75, 3.05) is 0 Å². The molecule has 1 saturated carbocycles. The van der Waals surface area contributed by atoms with Gasteiger partial charge in [0.05, 0.1) is 0 Å². The van der Waals surface area contributed by atoms with Crippen LogP contribution < -0.4 is 0 Å². The van der Waals surface area contributed by atoms with E-state index in [1.807, 2.05) is 0 Å². The Hall–Kier alpha value is -0.520. The van der Waals surface area contributed by atoms with Crippen molar-refractivity contribution < 1.29 is 0 Å². The highest BCUT2D eigenvalue weighted by molar-refractivity contribution is 4.99. The highest BCUT2D eigenvalue weighted by Crippen LogP contribution is 2.41. The van der Waals surface area contributed by atoms with E-state index in [2.05, 4.69) is 39.2 Å². The lowest BCUT2D eigenvalue weighted by Crippen LogP contribution is -2.08. The molecule has 0 aliphatic heterocycles. The van der Waals surface area contributed by atoms with Gasteiger partial charge in [0, 0.05) is 0 Å². The second-order valence-electron chi connectivity index (χ2n) is 3.75. The minimum atomic E-state index is 0.716. The van der Waals surface area contributed by atoms with Gasteiger partial charge in [0.2, 0.25) is 0 Å². The van der Waals surface area contributed by atoms with E-state index in [9.17, 15) is 0 Å². The molecule has 0 heterocycles. The van der Waals surface area contributed by atoms with E-state index < -0.39 is 0 Å². The second kappa shape index (κ2) is 3.25. The summed E-state index contributed by atoms with van der Waals surface area (Å²) in [4.78, 5) is 0. The van der Waals surface area contributed by atoms with Crippen molar-refractivity contribution in [3.63, 3.8) is 0 Å². The molecule has 11 heavy (non-hydrogen) atoms. The first-order valence-electron chi connectivity index (χ1n) is 4.45. The molecule has 0 aromatic heterocycles. The molecule has 0 N–H and O–H groups in total. The topological polar surface area (TPSA) is 0 Å². The summed E-state index contributed by atoms with van der Waals surface area (Å²) in [5.74, 6) is 3.01. The molecule has 0 aromatic carbocycles. The first kappa shape index (κ1) is 8.58. The lowest BCUT2D eigenvalue weighted by molar-refractivity contribution is 0.381. The molecule has 0 heteroatoms. The van der Waals surface area contributed by atoms with Crippen LogP contribution in [0.1, 0.15) is 20.3 Å². The van der Waals surface area contributed by atoms with Crippen LogP contribution in [-0.4, -0.2) is 0 Å². The number of allylic oxidation sites excluding steroid dienone is 2. The molecule has 0 bridgehead atoms. The minimum absolute atomic E-state index is 0.716. The second-order valence-corrected chi connectivity index (χ2v) is 3.75. The average Bonchev–Trinajstić information content (AvgIpc) is 2.30. The van der Waals surface area contributed by atoms with Crippen LogP contribution in [0.4, 0.5) is 0 Å². The average molecular weight is 150 g/mol. The van der Waals surface area contributed by atoms with Gasteiger partial charge >= 0.3 is 0 Å². The van der Waals surface area contributed by atoms with Crippen LogP contribution in [-0.2, 0) is 0 Å². The van der Waals surface area contributed by atoms with Gasteiger partial charge in [0.1, 0.15) is 0 Å². The van der Waals surface area contributed by atoms with Gasteiger partial charge in [-0.2, -0.15) is 0 Å². The molecule has 1 aliphatic rings. The zero-order valence-corrected chi connectivity index (χ0v) is 7.59. The van der Waals surface area contributed by atoms with Gasteiger partial charge in [-0.1, -0.05) is 26.0 Å².